The second kappa shape index (κ2) is 8.09. The van der Waals surface area contributed by atoms with Crippen LogP contribution >= 0.6 is 0 Å². The Balaban J connectivity index is 2.52. The minimum Gasteiger partial charge on any atom is -0.463 e. The molecule has 0 aliphatic rings. The maximum absolute atomic E-state index is 12.4. The van der Waals surface area contributed by atoms with Gasteiger partial charge >= 0.3 is 12.1 Å². The zero-order valence-corrected chi connectivity index (χ0v) is 11.4. The van der Waals surface area contributed by atoms with Crippen LogP contribution in [0.3, 0.4) is 0 Å². The molecule has 0 saturated heterocycles. The lowest BCUT2D eigenvalue weighted by molar-refractivity contribution is -0.138. The molecule has 1 rings (SSSR count). The predicted molar refractivity (Wildman–Crippen MR) is 75.4 cm³/mol. The van der Waals surface area contributed by atoms with E-state index in [1.807, 2.05) is 0 Å². The Kier molecular flexibility index (Phi) is 6.46. The number of esters is 1. The van der Waals surface area contributed by atoms with Crippen LogP contribution in [0.15, 0.2) is 54.6 Å². The third-order valence-corrected chi connectivity index (χ3v) is 2.38. The summed E-state index contributed by atoms with van der Waals surface area (Å²) < 4.78 is 41.8. The van der Waals surface area contributed by atoms with Crippen LogP contribution in [0.2, 0.25) is 0 Å². The van der Waals surface area contributed by atoms with E-state index >= 15 is 0 Å². The Morgan fingerprint density at radius 2 is 1.71 bits per heavy atom. The number of allylic oxidation sites excluding steroid dienone is 4. The summed E-state index contributed by atoms with van der Waals surface area (Å²) in [6.45, 7) is 2.04. The summed E-state index contributed by atoms with van der Waals surface area (Å²) in [4.78, 5) is 11.0. The zero-order valence-electron chi connectivity index (χ0n) is 11.4. The van der Waals surface area contributed by atoms with Crippen LogP contribution in [-0.4, -0.2) is 12.6 Å². The molecule has 0 radical (unpaired) electrons. The molecule has 0 spiro atoms. The van der Waals surface area contributed by atoms with Gasteiger partial charge in [0.05, 0.1) is 12.2 Å². The average Bonchev–Trinajstić information content (AvgIpc) is 2.42. The first-order chi connectivity index (χ1) is 9.93. The quantitative estimate of drug-likeness (QED) is 0.457. The Hall–Kier alpha value is -2.30. The van der Waals surface area contributed by atoms with Crippen molar-refractivity contribution in [2.45, 2.75) is 13.1 Å². The molecule has 1 aromatic carbocycles. The van der Waals surface area contributed by atoms with E-state index < -0.39 is 17.7 Å². The van der Waals surface area contributed by atoms with Crippen molar-refractivity contribution in [2.75, 3.05) is 6.61 Å². The van der Waals surface area contributed by atoms with Crippen molar-refractivity contribution in [3.63, 3.8) is 0 Å². The Morgan fingerprint density at radius 3 is 2.29 bits per heavy atom. The van der Waals surface area contributed by atoms with Gasteiger partial charge in [-0.05, 0) is 24.6 Å². The van der Waals surface area contributed by atoms with Gasteiger partial charge in [-0.1, -0.05) is 42.5 Å². The van der Waals surface area contributed by atoms with Crippen LogP contribution < -0.4 is 0 Å². The number of carbonyl (C=O) groups excluding carboxylic acids is 1. The molecule has 0 fully saturated rings. The van der Waals surface area contributed by atoms with Crippen molar-refractivity contribution < 1.29 is 22.7 Å². The molecule has 0 aliphatic carbocycles. The van der Waals surface area contributed by atoms with Crippen LogP contribution in [0.5, 0.6) is 0 Å². The smallest absolute Gasteiger partial charge is 0.416 e. The first kappa shape index (κ1) is 16.8. The number of halogens is 3. The highest BCUT2D eigenvalue weighted by Crippen LogP contribution is 2.29. The molecule has 0 aliphatic heterocycles. The first-order valence-electron chi connectivity index (χ1n) is 6.29. The monoisotopic (exact) mass is 296 g/mol. The molecule has 2 nitrogen and oxygen atoms in total. The van der Waals surface area contributed by atoms with Crippen molar-refractivity contribution >= 4 is 12.0 Å². The molecule has 112 valence electrons. The second-order valence-electron chi connectivity index (χ2n) is 3.97. The second-order valence-corrected chi connectivity index (χ2v) is 3.97. The molecule has 0 atom stereocenters. The van der Waals surface area contributed by atoms with E-state index in [1.54, 1.807) is 31.2 Å². The summed E-state index contributed by atoms with van der Waals surface area (Å²) in [5.41, 5.74) is -0.0189. The Bertz CT molecular complexity index is 538. The van der Waals surface area contributed by atoms with E-state index in [1.165, 1.54) is 24.3 Å². The molecule has 5 heteroatoms. The largest absolute Gasteiger partial charge is 0.463 e. The molecule has 1 aromatic rings. The molecule has 0 heterocycles. The van der Waals surface area contributed by atoms with Crippen LogP contribution in [0.1, 0.15) is 18.1 Å². The van der Waals surface area contributed by atoms with Gasteiger partial charge in [-0.2, -0.15) is 13.2 Å². The number of benzene rings is 1. The Morgan fingerprint density at radius 1 is 1.10 bits per heavy atom. The summed E-state index contributed by atoms with van der Waals surface area (Å²) in [5.74, 6) is -0.422. The van der Waals surface area contributed by atoms with Gasteiger partial charge in [0.1, 0.15) is 0 Å². The lowest BCUT2D eigenvalue weighted by Gasteiger charge is -2.05. The lowest BCUT2D eigenvalue weighted by Crippen LogP contribution is -2.03. The van der Waals surface area contributed by atoms with Gasteiger partial charge < -0.3 is 4.74 Å². The summed E-state index contributed by atoms with van der Waals surface area (Å²) >= 11 is 0. The van der Waals surface area contributed by atoms with Gasteiger partial charge in [0, 0.05) is 6.08 Å². The lowest BCUT2D eigenvalue weighted by atomic mass is 10.1. The third-order valence-electron chi connectivity index (χ3n) is 2.38. The SMILES string of the molecule is CCOC(=O)C=CC=CC=Cc1ccc(C(F)(F)F)cc1. The molecule has 0 unspecified atom stereocenters. The molecule has 0 aromatic heterocycles. The third kappa shape index (κ3) is 6.61. The summed E-state index contributed by atoms with van der Waals surface area (Å²) in [6, 6.07) is 4.84. The number of rotatable bonds is 5. The van der Waals surface area contributed by atoms with Crippen LogP contribution in [0, 0.1) is 0 Å². The van der Waals surface area contributed by atoms with E-state index in [4.69, 9.17) is 0 Å². The number of ether oxygens (including phenoxy) is 1. The first-order valence-corrected chi connectivity index (χ1v) is 6.29. The van der Waals surface area contributed by atoms with E-state index in [2.05, 4.69) is 4.74 Å². The number of carbonyl (C=O) groups is 1. The van der Waals surface area contributed by atoms with E-state index in [0.29, 0.717) is 12.2 Å². The van der Waals surface area contributed by atoms with Gasteiger partial charge in [0.2, 0.25) is 0 Å². The summed E-state index contributed by atoms with van der Waals surface area (Å²) in [6.07, 6.45) is 5.10. The van der Waals surface area contributed by atoms with Gasteiger partial charge in [-0.3, -0.25) is 0 Å². The normalized spacial score (nSPS) is 12.6. The van der Waals surface area contributed by atoms with Crippen molar-refractivity contribution in [1.82, 2.24) is 0 Å². The van der Waals surface area contributed by atoms with Gasteiger partial charge in [-0.25, -0.2) is 4.79 Å². The minimum atomic E-state index is -4.32. The molecule has 21 heavy (non-hydrogen) atoms. The summed E-state index contributed by atoms with van der Waals surface area (Å²) in [7, 11) is 0. The maximum Gasteiger partial charge on any atom is 0.416 e. The highest BCUT2D eigenvalue weighted by atomic mass is 19.4. The van der Waals surface area contributed by atoms with Gasteiger partial charge in [0.25, 0.3) is 0 Å². The predicted octanol–water partition coefficient (Wildman–Crippen LogP) is 4.39. The molecular weight excluding hydrogens is 281 g/mol. The van der Waals surface area contributed by atoms with Crippen LogP contribution in [0.4, 0.5) is 13.2 Å². The van der Waals surface area contributed by atoms with Crippen molar-refractivity contribution in [2.24, 2.45) is 0 Å². The molecule has 0 saturated carbocycles. The van der Waals surface area contributed by atoms with Crippen molar-refractivity contribution in [1.29, 1.82) is 0 Å². The van der Waals surface area contributed by atoms with Crippen LogP contribution in [-0.2, 0) is 15.7 Å². The number of alkyl halides is 3. The van der Waals surface area contributed by atoms with Crippen LogP contribution in [0.25, 0.3) is 6.08 Å². The van der Waals surface area contributed by atoms with Gasteiger partial charge in [0.15, 0.2) is 0 Å². The molecule has 0 N–H and O–H groups in total. The van der Waals surface area contributed by atoms with E-state index in [0.717, 1.165) is 12.1 Å². The summed E-state index contributed by atoms with van der Waals surface area (Å²) in [5, 5.41) is 0. The van der Waals surface area contributed by atoms with Crippen molar-refractivity contribution in [3.05, 3.63) is 65.8 Å². The minimum absolute atomic E-state index is 0.320. The number of hydrogen-bond acceptors (Lipinski definition) is 2. The topological polar surface area (TPSA) is 26.3 Å². The fourth-order valence-corrected chi connectivity index (χ4v) is 1.40. The maximum atomic E-state index is 12.4. The standard InChI is InChI=1S/C16H15F3O2/c1-2-21-15(20)8-6-4-3-5-7-13-9-11-14(12-10-13)16(17,18)19/h3-12H,2H2,1H3. The fraction of sp³-hybridized carbons (Fsp3) is 0.188. The molecule has 0 bridgehead atoms. The van der Waals surface area contributed by atoms with Crippen molar-refractivity contribution in [3.8, 4) is 0 Å². The van der Waals surface area contributed by atoms with Gasteiger partial charge in [-0.15, -0.1) is 0 Å². The molecule has 0 amide bonds. The fourth-order valence-electron chi connectivity index (χ4n) is 1.40. The van der Waals surface area contributed by atoms with E-state index in [9.17, 15) is 18.0 Å². The Labute approximate surface area is 121 Å². The number of hydrogen-bond donors (Lipinski definition) is 0. The zero-order chi connectivity index (χ0) is 15.7. The van der Waals surface area contributed by atoms with E-state index in [-0.39, 0.29) is 0 Å². The highest BCUT2D eigenvalue weighted by Gasteiger charge is 2.29. The highest BCUT2D eigenvalue weighted by molar-refractivity contribution is 5.82. The average molecular weight is 296 g/mol. The molecular formula is C16H15F3O2.